The normalized spacial score (nSPS) is 18.5. The van der Waals surface area contributed by atoms with E-state index in [0.717, 1.165) is 37.0 Å². The standard InChI is InChI=1S/C19H30ClNO4S/c1-4-5-15(2)13-26(22,23)21-14-19(8-10-25-11-9-19)17-12-16(20)6-7-18(17)24-3/h6-7,12,15,21H,4-5,8-11,13-14H2,1-3H3. The van der Waals surface area contributed by atoms with Gasteiger partial charge in [-0.25, -0.2) is 13.1 Å². The average molecular weight is 404 g/mol. The molecular weight excluding hydrogens is 374 g/mol. The van der Waals surface area contributed by atoms with Gasteiger partial charge in [-0.05, 0) is 43.4 Å². The molecule has 1 N–H and O–H groups in total. The quantitative estimate of drug-likeness (QED) is 0.681. The summed E-state index contributed by atoms with van der Waals surface area (Å²) in [4.78, 5) is 0. The van der Waals surface area contributed by atoms with Crippen molar-refractivity contribution in [3.8, 4) is 5.75 Å². The van der Waals surface area contributed by atoms with Crippen LogP contribution in [0, 0.1) is 5.92 Å². The van der Waals surface area contributed by atoms with E-state index in [-0.39, 0.29) is 17.1 Å². The summed E-state index contributed by atoms with van der Waals surface area (Å²) >= 11 is 6.22. The summed E-state index contributed by atoms with van der Waals surface area (Å²) in [7, 11) is -1.72. The maximum atomic E-state index is 12.6. The molecule has 26 heavy (non-hydrogen) atoms. The molecule has 7 heteroatoms. The van der Waals surface area contributed by atoms with Gasteiger partial charge >= 0.3 is 0 Å². The van der Waals surface area contributed by atoms with Crippen LogP contribution in [0.15, 0.2) is 18.2 Å². The summed E-state index contributed by atoms with van der Waals surface area (Å²) in [5, 5.41) is 0.617. The van der Waals surface area contributed by atoms with Crippen LogP contribution < -0.4 is 9.46 Å². The van der Waals surface area contributed by atoms with Crippen LogP contribution in [0.1, 0.15) is 45.1 Å². The van der Waals surface area contributed by atoms with Gasteiger partial charge in [0.25, 0.3) is 0 Å². The maximum Gasteiger partial charge on any atom is 0.211 e. The number of hydrogen-bond donors (Lipinski definition) is 1. The van der Waals surface area contributed by atoms with Gasteiger partial charge in [-0.1, -0.05) is 31.9 Å². The molecule has 0 saturated carbocycles. The molecule has 1 heterocycles. The van der Waals surface area contributed by atoms with Gasteiger partial charge in [0.1, 0.15) is 5.75 Å². The Hall–Kier alpha value is -0.820. The lowest BCUT2D eigenvalue weighted by atomic mass is 9.74. The highest BCUT2D eigenvalue weighted by Crippen LogP contribution is 2.40. The summed E-state index contributed by atoms with van der Waals surface area (Å²) in [6.45, 7) is 5.55. The number of benzene rings is 1. The van der Waals surface area contributed by atoms with E-state index in [1.807, 2.05) is 19.1 Å². The predicted molar refractivity (Wildman–Crippen MR) is 106 cm³/mol. The summed E-state index contributed by atoms with van der Waals surface area (Å²) in [5.41, 5.74) is 0.565. The minimum Gasteiger partial charge on any atom is -0.496 e. The van der Waals surface area contributed by atoms with Gasteiger partial charge in [-0.2, -0.15) is 0 Å². The Labute approximate surface area is 162 Å². The number of rotatable bonds is 9. The number of nitrogens with one attached hydrogen (secondary N) is 1. The largest absolute Gasteiger partial charge is 0.496 e. The molecule has 0 amide bonds. The fourth-order valence-electron chi connectivity index (χ4n) is 3.66. The zero-order valence-corrected chi connectivity index (χ0v) is 17.5. The van der Waals surface area contributed by atoms with Crippen LogP contribution in [0.3, 0.4) is 0 Å². The first-order valence-corrected chi connectivity index (χ1v) is 11.2. The first-order chi connectivity index (χ1) is 12.3. The molecule has 0 radical (unpaired) electrons. The van der Waals surface area contributed by atoms with E-state index >= 15 is 0 Å². The van der Waals surface area contributed by atoms with E-state index in [9.17, 15) is 8.42 Å². The lowest BCUT2D eigenvalue weighted by Crippen LogP contribution is -2.45. The van der Waals surface area contributed by atoms with Crippen LogP contribution in [-0.2, 0) is 20.2 Å². The van der Waals surface area contributed by atoms with E-state index in [2.05, 4.69) is 11.6 Å². The summed E-state index contributed by atoms with van der Waals surface area (Å²) in [6, 6.07) is 5.51. The van der Waals surface area contributed by atoms with Crippen LogP contribution in [0.4, 0.5) is 0 Å². The molecule has 1 unspecified atom stereocenters. The fourth-order valence-corrected chi connectivity index (χ4v) is 5.36. The van der Waals surface area contributed by atoms with E-state index in [0.29, 0.717) is 24.8 Å². The van der Waals surface area contributed by atoms with Crippen LogP contribution in [0.5, 0.6) is 5.75 Å². The molecular formula is C19H30ClNO4S. The Bertz CT molecular complexity index is 687. The molecule has 1 aromatic carbocycles. The van der Waals surface area contributed by atoms with Crippen molar-refractivity contribution in [1.29, 1.82) is 0 Å². The third-order valence-electron chi connectivity index (χ3n) is 5.10. The van der Waals surface area contributed by atoms with Gasteiger partial charge in [0.15, 0.2) is 0 Å². The van der Waals surface area contributed by atoms with Gasteiger partial charge < -0.3 is 9.47 Å². The molecule has 1 saturated heterocycles. The van der Waals surface area contributed by atoms with Crippen molar-refractivity contribution in [2.45, 2.75) is 44.9 Å². The van der Waals surface area contributed by atoms with Crippen molar-refractivity contribution in [1.82, 2.24) is 4.72 Å². The summed E-state index contributed by atoms with van der Waals surface area (Å²) in [6.07, 6.45) is 3.33. The number of ether oxygens (including phenoxy) is 2. The van der Waals surface area contributed by atoms with E-state index in [1.165, 1.54) is 0 Å². The van der Waals surface area contributed by atoms with Gasteiger partial charge in [-0.15, -0.1) is 0 Å². The maximum absolute atomic E-state index is 12.6. The van der Waals surface area contributed by atoms with Crippen molar-refractivity contribution in [3.05, 3.63) is 28.8 Å². The minimum absolute atomic E-state index is 0.142. The molecule has 0 spiro atoms. The van der Waals surface area contributed by atoms with Crippen molar-refractivity contribution in [3.63, 3.8) is 0 Å². The highest BCUT2D eigenvalue weighted by Gasteiger charge is 2.38. The zero-order valence-electron chi connectivity index (χ0n) is 15.9. The van der Waals surface area contributed by atoms with Crippen molar-refractivity contribution in [2.24, 2.45) is 5.92 Å². The monoisotopic (exact) mass is 403 g/mol. The van der Waals surface area contributed by atoms with Gasteiger partial charge in [0.2, 0.25) is 10.0 Å². The number of halogens is 1. The molecule has 0 bridgehead atoms. The lowest BCUT2D eigenvalue weighted by Gasteiger charge is -2.38. The molecule has 1 fully saturated rings. The SMILES string of the molecule is CCCC(C)CS(=O)(=O)NCC1(c2cc(Cl)ccc2OC)CCOCC1. The molecule has 0 aliphatic carbocycles. The molecule has 1 aliphatic rings. The molecule has 2 rings (SSSR count). The van der Waals surface area contributed by atoms with Crippen LogP contribution in [0.2, 0.25) is 5.02 Å². The number of sulfonamides is 1. The molecule has 5 nitrogen and oxygen atoms in total. The van der Waals surface area contributed by atoms with Gasteiger partial charge in [-0.3, -0.25) is 0 Å². The van der Waals surface area contributed by atoms with E-state index in [1.54, 1.807) is 13.2 Å². The van der Waals surface area contributed by atoms with Crippen LogP contribution in [0.25, 0.3) is 0 Å². The second kappa shape index (κ2) is 9.40. The fraction of sp³-hybridized carbons (Fsp3) is 0.684. The first-order valence-electron chi connectivity index (χ1n) is 9.21. The topological polar surface area (TPSA) is 64.6 Å². The summed E-state index contributed by atoms with van der Waals surface area (Å²) < 4.78 is 39.0. The zero-order chi connectivity index (χ0) is 19.2. The first kappa shape index (κ1) is 21.5. The van der Waals surface area contributed by atoms with Crippen molar-refractivity contribution >= 4 is 21.6 Å². The highest BCUT2D eigenvalue weighted by atomic mass is 35.5. The second-order valence-electron chi connectivity index (χ2n) is 7.23. The van der Waals surface area contributed by atoms with E-state index < -0.39 is 10.0 Å². The van der Waals surface area contributed by atoms with Gasteiger partial charge in [0.05, 0.1) is 12.9 Å². The molecule has 0 aromatic heterocycles. The van der Waals surface area contributed by atoms with Crippen LogP contribution in [-0.4, -0.2) is 41.0 Å². The Kier molecular flexibility index (Phi) is 7.76. The lowest BCUT2D eigenvalue weighted by molar-refractivity contribution is 0.0508. The minimum atomic E-state index is -3.34. The Morgan fingerprint density at radius 3 is 2.65 bits per heavy atom. The number of methoxy groups -OCH3 is 1. The molecule has 1 aromatic rings. The second-order valence-corrected chi connectivity index (χ2v) is 9.52. The Balaban J connectivity index is 2.24. The third kappa shape index (κ3) is 5.59. The molecule has 148 valence electrons. The number of hydrogen-bond acceptors (Lipinski definition) is 4. The Morgan fingerprint density at radius 2 is 2.04 bits per heavy atom. The van der Waals surface area contributed by atoms with Crippen molar-refractivity contribution in [2.75, 3.05) is 32.6 Å². The predicted octanol–water partition coefficient (Wildman–Crippen LogP) is 3.75. The Morgan fingerprint density at radius 1 is 1.35 bits per heavy atom. The molecule has 1 aliphatic heterocycles. The highest BCUT2D eigenvalue weighted by molar-refractivity contribution is 7.89. The summed E-state index contributed by atoms with van der Waals surface area (Å²) in [5.74, 6) is 1.03. The third-order valence-corrected chi connectivity index (χ3v) is 6.93. The smallest absolute Gasteiger partial charge is 0.211 e. The van der Waals surface area contributed by atoms with Crippen molar-refractivity contribution < 1.29 is 17.9 Å². The van der Waals surface area contributed by atoms with Gasteiger partial charge in [0, 0.05) is 35.8 Å². The van der Waals surface area contributed by atoms with E-state index in [4.69, 9.17) is 21.1 Å². The van der Waals surface area contributed by atoms with Crippen LogP contribution >= 0.6 is 11.6 Å². The molecule has 1 atom stereocenters. The average Bonchev–Trinajstić information content (AvgIpc) is 2.60.